The second-order valence-corrected chi connectivity index (χ2v) is 5.76. The Balaban J connectivity index is 1.68. The lowest BCUT2D eigenvalue weighted by Crippen LogP contribution is -2.55. The zero-order valence-corrected chi connectivity index (χ0v) is 11.8. The highest BCUT2D eigenvalue weighted by Crippen LogP contribution is 2.27. The molecule has 20 heavy (non-hydrogen) atoms. The van der Waals surface area contributed by atoms with Crippen molar-refractivity contribution < 1.29 is 14.3 Å². The molecule has 0 amide bonds. The van der Waals surface area contributed by atoms with Crippen LogP contribution in [-0.2, 0) is 16.1 Å². The summed E-state index contributed by atoms with van der Waals surface area (Å²) >= 11 is 0. The third kappa shape index (κ3) is 2.92. The van der Waals surface area contributed by atoms with Crippen molar-refractivity contribution in [1.82, 2.24) is 5.32 Å². The predicted molar refractivity (Wildman–Crippen MR) is 75.7 cm³/mol. The first-order valence-corrected chi connectivity index (χ1v) is 7.22. The van der Waals surface area contributed by atoms with Crippen LogP contribution in [0.4, 0.5) is 0 Å². The van der Waals surface area contributed by atoms with E-state index in [2.05, 4.69) is 5.32 Å². The van der Waals surface area contributed by atoms with Gasteiger partial charge in [-0.1, -0.05) is 24.3 Å². The molecule has 2 heterocycles. The molecule has 108 valence electrons. The standard InChI is InChI=1S/C16H21NO3/c1-19-8-11-2-4-12(5-3-11)16(18)13-6-14-9-20-10-15(7-13)17-14/h2-5,13-15,17H,6-10H2,1H3. The van der Waals surface area contributed by atoms with Gasteiger partial charge in [0.25, 0.3) is 0 Å². The Hall–Kier alpha value is -1.23. The average molecular weight is 275 g/mol. The Kier molecular flexibility index (Phi) is 4.15. The first-order chi connectivity index (χ1) is 9.76. The molecule has 3 rings (SSSR count). The van der Waals surface area contributed by atoms with Crippen LogP contribution in [0.5, 0.6) is 0 Å². The fourth-order valence-corrected chi connectivity index (χ4v) is 3.22. The van der Waals surface area contributed by atoms with Crippen molar-refractivity contribution in [3.63, 3.8) is 0 Å². The average Bonchev–Trinajstić information content (AvgIpc) is 2.47. The molecule has 0 aromatic heterocycles. The minimum absolute atomic E-state index is 0.128. The number of fused-ring (bicyclic) bond motifs is 2. The molecule has 4 nitrogen and oxygen atoms in total. The van der Waals surface area contributed by atoms with E-state index in [1.807, 2.05) is 24.3 Å². The summed E-state index contributed by atoms with van der Waals surface area (Å²) in [7, 11) is 1.68. The van der Waals surface area contributed by atoms with Gasteiger partial charge in [-0.25, -0.2) is 0 Å². The number of Topliss-reactive ketones (excluding diaryl/α,β-unsaturated/α-hetero) is 1. The third-order valence-corrected chi connectivity index (χ3v) is 4.17. The largest absolute Gasteiger partial charge is 0.380 e. The quantitative estimate of drug-likeness (QED) is 0.851. The summed E-state index contributed by atoms with van der Waals surface area (Å²) in [5.41, 5.74) is 1.91. The number of ether oxygens (including phenoxy) is 2. The molecule has 4 heteroatoms. The molecule has 1 aromatic carbocycles. The van der Waals surface area contributed by atoms with E-state index in [4.69, 9.17) is 9.47 Å². The second-order valence-electron chi connectivity index (χ2n) is 5.76. The molecule has 1 aromatic rings. The van der Waals surface area contributed by atoms with Crippen LogP contribution in [0.15, 0.2) is 24.3 Å². The van der Waals surface area contributed by atoms with Gasteiger partial charge in [-0.3, -0.25) is 4.79 Å². The predicted octanol–water partition coefficient (Wildman–Crippen LogP) is 1.78. The number of piperidine rings is 1. The van der Waals surface area contributed by atoms with Crippen molar-refractivity contribution in [3.05, 3.63) is 35.4 Å². The van der Waals surface area contributed by atoms with Gasteiger partial charge in [-0.15, -0.1) is 0 Å². The lowest BCUT2D eigenvalue weighted by Gasteiger charge is -2.39. The molecule has 2 unspecified atom stereocenters. The van der Waals surface area contributed by atoms with Crippen LogP contribution in [0.2, 0.25) is 0 Å². The zero-order valence-electron chi connectivity index (χ0n) is 11.8. The number of carbonyl (C=O) groups is 1. The van der Waals surface area contributed by atoms with Crippen LogP contribution in [0.3, 0.4) is 0 Å². The summed E-state index contributed by atoms with van der Waals surface area (Å²) < 4.78 is 10.6. The van der Waals surface area contributed by atoms with Crippen molar-refractivity contribution in [1.29, 1.82) is 0 Å². The van der Waals surface area contributed by atoms with Gasteiger partial charge in [0.1, 0.15) is 0 Å². The Bertz CT molecular complexity index is 459. The number of methoxy groups -OCH3 is 1. The third-order valence-electron chi connectivity index (χ3n) is 4.17. The summed E-state index contributed by atoms with van der Waals surface area (Å²) in [4.78, 5) is 12.6. The van der Waals surface area contributed by atoms with E-state index in [1.165, 1.54) is 0 Å². The van der Waals surface area contributed by atoms with Gasteiger partial charge in [0, 0.05) is 30.7 Å². The van der Waals surface area contributed by atoms with Crippen LogP contribution >= 0.6 is 0 Å². The Morgan fingerprint density at radius 1 is 1.25 bits per heavy atom. The first kappa shape index (κ1) is 13.7. The summed E-state index contributed by atoms with van der Waals surface area (Å²) in [6.45, 7) is 2.05. The molecular weight excluding hydrogens is 254 g/mol. The highest BCUT2D eigenvalue weighted by Gasteiger charge is 2.35. The first-order valence-electron chi connectivity index (χ1n) is 7.22. The van der Waals surface area contributed by atoms with Crippen LogP contribution < -0.4 is 5.32 Å². The highest BCUT2D eigenvalue weighted by atomic mass is 16.5. The number of rotatable bonds is 4. The van der Waals surface area contributed by atoms with Crippen LogP contribution in [0.25, 0.3) is 0 Å². The van der Waals surface area contributed by atoms with E-state index in [9.17, 15) is 4.79 Å². The lowest BCUT2D eigenvalue weighted by atomic mass is 9.82. The van der Waals surface area contributed by atoms with E-state index in [1.54, 1.807) is 7.11 Å². The number of morpholine rings is 1. The molecule has 0 radical (unpaired) electrons. The number of benzene rings is 1. The van der Waals surface area contributed by atoms with E-state index < -0.39 is 0 Å². The fraction of sp³-hybridized carbons (Fsp3) is 0.562. The van der Waals surface area contributed by atoms with Gasteiger partial charge >= 0.3 is 0 Å². The number of nitrogens with one attached hydrogen (secondary N) is 1. The van der Waals surface area contributed by atoms with Gasteiger partial charge in [0.05, 0.1) is 19.8 Å². The van der Waals surface area contributed by atoms with Crippen molar-refractivity contribution in [2.75, 3.05) is 20.3 Å². The zero-order chi connectivity index (χ0) is 13.9. The smallest absolute Gasteiger partial charge is 0.166 e. The molecule has 0 saturated carbocycles. The van der Waals surface area contributed by atoms with Crippen LogP contribution in [0, 0.1) is 5.92 Å². The number of carbonyl (C=O) groups excluding carboxylic acids is 1. The van der Waals surface area contributed by atoms with E-state index in [0.717, 1.165) is 37.2 Å². The summed E-state index contributed by atoms with van der Waals surface area (Å²) in [5.74, 6) is 0.399. The van der Waals surface area contributed by atoms with Gasteiger partial charge in [-0.2, -0.15) is 0 Å². The maximum atomic E-state index is 12.6. The number of ketones is 1. The molecule has 2 bridgehead atoms. The SMILES string of the molecule is COCc1ccc(C(=O)C2CC3COCC(C2)N3)cc1. The van der Waals surface area contributed by atoms with E-state index in [0.29, 0.717) is 18.7 Å². The van der Waals surface area contributed by atoms with Crippen LogP contribution in [-0.4, -0.2) is 38.2 Å². The van der Waals surface area contributed by atoms with Crippen LogP contribution in [0.1, 0.15) is 28.8 Å². The molecule has 1 N–H and O–H groups in total. The molecular formula is C16H21NO3. The molecule has 2 aliphatic heterocycles. The summed E-state index contributed by atoms with van der Waals surface area (Å²) in [5, 5.41) is 3.52. The summed E-state index contributed by atoms with van der Waals surface area (Å²) in [6.07, 6.45) is 1.77. The van der Waals surface area contributed by atoms with Crippen molar-refractivity contribution in [3.8, 4) is 0 Å². The Labute approximate surface area is 119 Å². The highest BCUT2D eigenvalue weighted by molar-refractivity contribution is 5.98. The fourth-order valence-electron chi connectivity index (χ4n) is 3.22. The van der Waals surface area contributed by atoms with Crippen molar-refractivity contribution in [2.24, 2.45) is 5.92 Å². The van der Waals surface area contributed by atoms with Gasteiger partial charge in [0.2, 0.25) is 0 Å². The Morgan fingerprint density at radius 3 is 2.50 bits per heavy atom. The minimum Gasteiger partial charge on any atom is -0.380 e. The van der Waals surface area contributed by atoms with E-state index in [-0.39, 0.29) is 11.7 Å². The number of hydrogen-bond acceptors (Lipinski definition) is 4. The lowest BCUT2D eigenvalue weighted by molar-refractivity contribution is 0.00953. The molecule has 0 aliphatic carbocycles. The monoisotopic (exact) mass is 275 g/mol. The maximum absolute atomic E-state index is 12.6. The molecule has 0 spiro atoms. The summed E-state index contributed by atoms with van der Waals surface area (Å²) in [6, 6.07) is 8.47. The van der Waals surface area contributed by atoms with Gasteiger partial charge in [-0.05, 0) is 18.4 Å². The van der Waals surface area contributed by atoms with E-state index >= 15 is 0 Å². The molecule has 2 aliphatic rings. The van der Waals surface area contributed by atoms with Gasteiger partial charge in [0.15, 0.2) is 5.78 Å². The minimum atomic E-state index is 0.128. The molecule has 2 fully saturated rings. The molecule has 2 atom stereocenters. The van der Waals surface area contributed by atoms with Crippen molar-refractivity contribution >= 4 is 5.78 Å². The Morgan fingerprint density at radius 2 is 1.90 bits per heavy atom. The van der Waals surface area contributed by atoms with Gasteiger partial charge < -0.3 is 14.8 Å². The number of hydrogen-bond donors (Lipinski definition) is 1. The molecule has 2 saturated heterocycles. The topological polar surface area (TPSA) is 47.6 Å². The maximum Gasteiger partial charge on any atom is 0.166 e. The second kappa shape index (κ2) is 6.04. The normalized spacial score (nSPS) is 29.1. The van der Waals surface area contributed by atoms with Crippen molar-refractivity contribution in [2.45, 2.75) is 31.5 Å².